The number of unbranched alkanes of at least 4 members (excludes halogenated alkanes) is 11. The highest BCUT2D eigenvalue weighted by molar-refractivity contribution is 7.85. The van der Waals surface area contributed by atoms with Crippen LogP contribution in [0.4, 0.5) is 0 Å². The Balaban J connectivity index is 2.08. The number of allylic oxidation sites excluding steroid dienone is 2. The Morgan fingerprint density at radius 3 is 2.00 bits per heavy atom. The van der Waals surface area contributed by atoms with Crippen molar-refractivity contribution in [1.29, 1.82) is 0 Å². The molecule has 230 valence electrons. The molecule has 39 heavy (non-hydrogen) atoms. The molecule has 5 N–H and O–H groups in total. The fourth-order valence-electron chi connectivity index (χ4n) is 4.25. The molecule has 6 atom stereocenters. The molecule has 0 aromatic carbocycles. The lowest BCUT2D eigenvalue weighted by Gasteiger charge is -2.40. The molecule has 1 rings (SSSR count). The first-order valence-electron chi connectivity index (χ1n) is 14.3. The van der Waals surface area contributed by atoms with Gasteiger partial charge in [-0.05, 0) is 32.1 Å². The van der Waals surface area contributed by atoms with Crippen LogP contribution in [0.25, 0.3) is 0 Å². The zero-order chi connectivity index (χ0) is 29.1. The minimum Gasteiger partial charge on any atom is -0.463 e. The van der Waals surface area contributed by atoms with E-state index in [9.17, 15) is 33.6 Å². The molecule has 0 radical (unpaired) electrons. The summed E-state index contributed by atoms with van der Waals surface area (Å²) in [6.45, 7) is 1.42. The molecule has 12 heteroatoms. The Morgan fingerprint density at radius 2 is 1.41 bits per heavy atom. The maximum Gasteiger partial charge on any atom is 0.305 e. The first-order chi connectivity index (χ1) is 18.5. The number of aliphatic hydroxyl groups excluding tert-OH is 4. The van der Waals surface area contributed by atoms with Crippen LogP contribution >= 0.6 is 0 Å². The lowest BCUT2D eigenvalue weighted by Crippen LogP contribution is -2.60. The second-order valence-corrected chi connectivity index (χ2v) is 11.8. The molecule has 0 bridgehead atoms. The Labute approximate surface area is 233 Å². The van der Waals surface area contributed by atoms with Crippen molar-refractivity contribution in [2.75, 3.05) is 19.0 Å². The van der Waals surface area contributed by atoms with Crippen molar-refractivity contribution in [3.8, 4) is 0 Å². The van der Waals surface area contributed by atoms with Crippen molar-refractivity contribution in [3.05, 3.63) is 12.2 Å². The lowest BCUT2D eigenvalue weighted by atomic mass is 10.00. The van der Waals surface area contributed by atoms with Crippen LogP contribution in [0, 0.1) is 0 Å². The summed E-state index contributed by atoms with van der Waals surface area (Å²) in [4.78, 5) is 11.9. The molecule has 1 heterocycles. The highest BCUT2D eigenvalue weighted by Crippen LogP contribution is 2.23. The Morgan fingerprint density at radius 1 is 0.846 bits per heavy atom. The molecule has 0 aromatic rings. The summed E-state index contributed by atoms with van der Waals surface area (Å²) in [5.74, 6) is -1.47. The van der Waals surface area contributed by atoms with E-state index in [1.165, 1.54) is 38.5 Å². The number of carbonyl (C=O) groups is 1. The van der Waals surface area contributed by atoms with Gasteiger partial charge in [-0.2, -0.15) is 8.42 Å². The molecule has 0 aliphatic carbocycles. The predicted molar refractivity (Wildman–Crippen MR) is 145 cm³/mol. The maximum absolute atomic E-state index is 11.9. The Kier molecular flexibility index (Phi) is 19.1. The highest BCUT2D eigenvalue weighted by atomic mass is 32.2. The van der Waals surface area contributed by atoms with Gasteiger partial charge in [-0.3, -0.25) is 9.35 Å². The molecular formula is C27H50O11S. The topological polar surface area (TPSA) is 180 Å². The number of hydrogen-bond donors (Lipinski definition) is 5. The summed E-state index contributed by atoms with van der Waals surface area (Å²) in [7, 11) is -4.54. The molecule has 2 unspecified atom stereocenters. The van der Waals surface area contributed by atoms with E-state index in [4.69, 9.17) is 18.8 Å². The third kappa shape index (κ3) is 17.3. The smallest absolute Gasteiger partial charge is 0.305 e. The van der Waals surface area contributed by atoms with Crippen LogP contribution in [0.15, 0.2) is 12.2 Å². The fourth-order valence-corrected chi connectivity index (χ4v) is 4.95. The van der Waals surface area contributed by atoms with Crippen molar-refractivity contribution in [2.24, 2.45) is 0 Å². The summed E-state index contributed by atoms with van der Waals surface area (Å²) >= 11 is 0. The molecule has 0 saturated carbocycles. The zero-order valence-corrected chi connectivity index (χ0v) is 24.0. The van der Waals surface area contributed by atoms with Crippen LogP contribution < -0.4 is 0 Å². The number of esters is 1. The quantitative estimate of drug-likeness (QED) is 0.0548. The van der Waals surface area contributed by atoms with Crippen LogP contribution in [0.5, 0.6) is 0 Å². The second-order valence-electron chi connectivity index (χ2n) is 10.3. The van der Waals surface area contributed by atoms with Gasteiger partial charge in [0.2, 0.25) is 0 Å². The number of rotatable bonds is 22. The first-order valence-corrected chi connectivity index (χ1v) is 15.9. The summed E-state index contributed by atoms with van der Waals surface area (Å²) < 4.78 is 46.4. The summed E-state index contributed by atoms with van der Waals surface area (Å²) in [6.07, 6.45) is 10.1. The normalized spacial score (nSPS) is 24.7. The van der Waals surface area contributed by atoms with Crippen LogP contribution in [0.2, 0.25) is 0 Å². The van der Waals surface area contributed by atoms with Gasteiger partial charge in [0.15, 0.2) is 6.29 Å². The number of hydrogen-bond acceptors (Lipinski definition) is 10. The van der Waals surface area contributed by atoms with E-state index in [2.05, 4.69) is 19.1 Å². The Bertz CT molecular complexity index is 774. The van der Waals surface area contributed by atoms with Gasteiger partial charge in [0, 0.05) is 6.42 Å². The molecule has 0 aromatic heterocycles. The standard InChI is InChI=1S/C27H50O11S/c1-2-3-4-5-6-7-8-9-10-11-12-13-14-15-16-17-23(29)36-18-21(28)19-37-27-26(32)25(31)24(30)22(38-27)20-39(33,34)35/h9-10,21-22,24-28,30-32H,2-8,11-20H2,1H3,(H,33,34,35)/t21?,22-,24-,25+,26-,27?/m1/s1. The van der Waals surface area contributed by atoms with Crippen LogP contribution in [-0.4, -0.2) is 95.1 Å². The summed E-state index contributed by atoms with van der Waals surface area (Å²) in [5, 5.41) is 39.7. The van der Waals surface area contributed by atoms with Crippen molar-refractivity contribution in [2.45, 2.75) is 134 Å². The molecule has 1 fully saturated rings. The summed E-state index contributed by atoms with van der Waals surface area (Å²) in [5.41, 5.74) is 0. The van der Waals surface area contributed by atoms with Gasteiger partial charge in [0.1, 0.15) is 42.9 Å². The monoisotopic (exact) mass is 582 g/mol. The number of aliphatic hydroxyl groups is 4. The van der Waals surface area contributed by atoms with Crippen LogP contribution in [0.3, 0.4) is 0 Å². The fraction of sp³-hybridized carbons (Fsp3) is 0.889. The van der Waals surface area contributed by atoms with Gasteiger partial charge in [0.05, 0.1) is 6.61 Å². The first kappa shape index (κ1) is 35.9. The van der Waals surface area contributed by atoms with E-state index in [1.54, 1.807) is 0 Å². The van der Waals surface area contributed by atoms with Gasteiger partial charge in [-0.25, -0.2) is 0 Å². The SMILES string of the molecule is CCCCCCCCC=CCCCCCCCC(=O)OCC(O)COC1O[C@H](CS(=O)(=O)O)[C@@H](O)[C@H](O)[C@H]1O. The van der Waals surface area contributed by atoms with Gasteiger partial charge in [-0.15, -0.1) is 0 Å². The minimum atomic E-state index is -4.54. The van der Waals surface area contributed by atoms with E-state index in [0.29, 0.717) is 6.42 Å². The van der Waals surface area contributed by atoms with Crippen molar-refractivity contribution in [1.82, 2.24) is 0 Å². The molecule has 11 nitrogen and oxygen atoms in total. The summed E-state index contributed by atoms with van der Waals surface area (Å²) in [6, 6.07) is 0. The molecule has 1 aliphatic rings. The molecule has 0 amide bonds. The number of ether oxygens (including phenoxy) is 3. The maximum atomic E-state index is 11.9. The largest absolute Gasteiger partial charge is 0.463 e. The second kappa shape index (κ2) is 20.7. The van der Waals surface area contributed by atoms with Crippen LogP contribution in [-0.2, 0) is 29.1 Å². The average Bonchev–Trinajstić information content (AvgIpc) is 2.88. The van der Waals surface area contributed by atoms with Gasteiger partial charge < -0.3 is 34.6 Å². The molecule has 1 aliphatic heterocycles. The van der Waals surface area contributed by atoms with Crippen molar-refractivity contribution >= 4 is 16.1 Å². The minimum absolute atomic E-state index is 0.234. The van der Waals surface area contributed by atoms with Crippen molar-refractivity contribution in [3.63, 3.8) is 0 Å². The van der Waals surface area contributed by atoms with Gasteiger partial charge in [-0.1, -0.05) is 70.4 Å². The highest BCUT2D eigenvalue weighted by Gasteiger charge is 2.45. The molecule has 1 saturated heterocycles. The van der Waals surface area contributed by atoms with Crippen molar-refractivity contribution < 1.29 is 52.4 Å². The van der Waals surface area contributed by atoms with E-state index >= 15 is 0 Å². The lowest BCUT2D eigenvalue weighted by molar-refractivity contribution is -0.296. The third-order valence-corrected chi connectivity index (χ3v) is 7.33. The van der Waals surface area contributed by atoms with E-state index in [1.807, 2.05) is 0 Å². The van der Waals surface area contributed by atoms with E-state index in [0.717, 1.165) is 38.5 Å². The number of carbonyl (C=O) groups excluding carboxylic acids is 1. The zero-order valence-electron chi connectivity index (χ0n) is 23.2. The molecular weight excluding hydrogens is 532 g/mol. The van der Waals surface area contributed by atoms with E-state index in [-0.39, 0.29) is 13.0 Å². The van der Waals surface area contributed by atoms with E-state index < -0.39 is 65.3 Å². The molecule has 0 spiro atoms. The predicted octanol–water partition coefficient (Wildman–Crippen LogP) is 2.64. The average molecular weight is 583 g/mol. The third-order valence-electron chi connectivity index (χ3n) is 6.58. The van der Waals surface area contributed by atoms with Gasteiger partial charge >= 0.3 is 5.97 Å². The Hall–Kier alpha value is -1.12. The van der Waals surface area contributed by atoms with Crippen LogP contribution in [0.1, 0.15) is 96.8 Å². The van der Waals surface area contributed by atoms with Gasteiger partial charge in [0.25, 0.3) is 10.1 Å².